The van der Waals surface area contributed by atoms with Gasteiger partial charge in [0.15, 0.2) is 0 Å². The van der Waals surface area contributed by atoms with Crippen molar-refractivity contribution in [1.82, 2.24) is 8.61 Å². The second-order valence-corrected chi connectivity index (χ2v) is 8.35. The highest BCUT2D eigenvalue weighted by molar-refractivity contribution is 7.86. The van der Waals surface area contributed by atoms with Crippen LogP contribution in [0.3, 0.4) is 0 Å². The van der Waals surface area contributed by atoms with E-state index in [2.05, 4.69) is 0 Å². The lowest BCUT2D eigenvalue weighted by atomic mass is 9.99. The van der Waals surface area contributed by atoms with Gasteiger partial charge in [0.25, 0.3) is 10.2 Å². The van der Waals surface area contributed by atoms with E-state index in [0.717, 1.165) is 23.4 Å². The second kappa shape index (κ2) is 7.75. The van der Waals surface area contributed by atoms with Gasteiger partial charge in [0, 0.05) is 38.8 Å². The van der Waals surface area contributed by atoms with Gasteiger partial charge >= 0.3 is 0 Å². The maximum absolute atomic E-state index is 12.0. The Morgan fingerprint density at radius 1 is 1.23 bits per heavy atom. The average molecular weight is 347 g/mol. The van der Waals surface area contributed by atoms with Crippen molar-refractivity contribution in [3.63, 3.8) is 0 Å². The Labute approximate surface area is 138 Å². The molecule has 124 valence electrons. The van der Waals surface area contributed by atoms with E-state index in [1.165, 1.54) is 4.31 Å². The molecule has 1 aromatic carbocycles. The van der Waals surface area contributed by atoms with Crippen LogP contribution in [-0.2, 0) is 21.6 Å². The number of rotatable bonds is 6. The van der Waals surface area contributed by atoms with Crippen molar-refractivity contribution < 1.29 is 13.2 Å². The zero-order valence-corrected chi connectivity index (χ0v) is 14.6. The minimum Gasteiger partial charge on any atom is -0.376 e. The highest BCUT2D eigenvalue weighted by atomic mass is 35.5. The molecule has 1 aromatic rings. The van der Waals surface area contributed by atoms with Crippen LogP contribution in [-0.4, -0.2) is 50.8 Å². The number of nitrogens with zero attached hydrogens (tertiary/aromatic N) is 2. The first kappa shape index (κ1) is 17.7. The van der Waals surface area contributed by atoms with Crippen LogP contribution in [0.2, 0.25) is 5.02 Å². The van der Waals surface area contributed by atoms with Crippen LogP contribution in [0, 0.1) is 5.92 Å². The van der Waals surface area contributed by atoms with E-state index in [-0.39, 0.29) is 0 Å². The van der Waals surface area contributed by atoms with Gasteiger partial charge in [0.1, 0.15) is 0 Å². The molecule has 1 fully saturated rings. The topological polar surface area (TPSA) is 49.9 Å². The molecule has 0 N–H and O–H groups in total. The summed E-state index contributed by atoms with van der Waals surface area (Å²) in [6.07, 6.45) is 1.68. The van der Waals surface area contributed by atoms with Gasteiger partial charge in [-0.3, -0.25) is 0 Å². The van der Waals surface area contributed by atoms with Crippen molar-refractivity contribution in [3.05, 3.63) is 34.9 Å². The van der Waals surface area contributed by atoms with Crippen molar-refractivity contribution in [2.75, 3.05) is 33.8 Å². The van der Waals surface area contributed by atoms with E-state index in [1.54, 1.807) is 18.4 Å². The first-order chi connectivity index (χ1) is 10.4. The van der Waals surface area contributed by atoms with E-state index in [4.69, 9.17) is 16.3 Å². The molecule has 0 amide bonds. The fraction of sp³-hybridized carbons (Fsp3) is 0.600. The van der Waals surface area contributed by atoms with Crippen molar-refractivity contribution in [1.29, 1.82) is 0 Å². The molecule has 5 nitrogen and oxygen atoms in total. The van der Waals surface area contributed by atoms with Gasteiger partial charge in [0.2, 0.25) is 0 Å². The Kier molecular flexibility index (Phi) is 6.23. The van der Waals surface area contributed by atoms with Crippen molar-refractivity contribution in [2.45, 2.75) is 19.4 Å². The SMILES string of the molecule is CN(C)S(=O)(=O)N1CCC(COCc2ccc(Cl)cc2)CC1. The molecular formula is C15H23ClN2O3S. The molecule has 0 aliphatic carbocycles. The second-order valence-electron chi connectivity index (χ2n) is 5.77. The molecule has 0 bridgehead atoms. The molecule has 0 saturated carbocycles. The first-order valence-corrected chi connectivity index (χ1v) is 9.17. The fourth-order valence-electron chi connectivity index (χ4n) is 2.46. The number of ether oxygens (including phenoxy) is 1. The minimum atomic E-state index is -3.28. The molecule has 1 heterocycles. The molecule has 0 spiro atoms. The molecule has 1 aliphatic rings. The maximum atomic E-state index is 12.0. The molecule has 0 unspecified atom stereocenters. The lowest BCUT2D eigenvalue weighted by Crippen LogP contribution is -2.44. The van der Waals surface area contributed by atoms with E-state index in [0.29, 0.717) is 32.2 Å². The zero-order chi connectivity index (χ0) is 16.2. The van der Waals surface area contributed by atoms with Gasteiger partial charge in [-0.2, -0.15) is 17.0 Å². The third-order valence-electron chi connectivity index (χ3n) is 3.90. The Morgan fingerprint density at radius 2 is 1.82 bits per heavy atom. The molecule has 7 heteroatoms. The third kappa shape index (κ3) is 4.67. The third-order valence-corrected chi connectivity index (χ3v) is 6.09. The molecule has 2 rings (SSSR count). The zero-order valence-electron chi connectivity index (χ0n) is 13.0. The fourth-order valence-corrected chi connectivity index (χ4v) is 3.72. The first-order valence-electron chi connectivity index (χ1n) is 7.39. The number of halogens is 1. The van der Waals surface area contributed by atoms with Crippen LogP contribution in [0.5, 0.6) is 0 Å². The summed E-state index contributed by atoms with van der Waals surface area (Å²) < 4.78 is 32.6. The number of piperidine rings is 1. The van der Waals surface area contributed by atoms with Gasteiger partial charge in [-0.25, -0.2) is 0 Å². The Balaban J connectivity index is 1.73. The molecule has 0 aromatic heterocycles. The summed E-state index contributed by atoms with van der Waals surface area (Å²) in [5.41, 5.74) is 1.09. The molecule has 1 aliphatic heterocycles. The Morgan fingerprint density at radius 3 is 2.36 bits per heavy atom. The smallest absolute Gasteiger partial charge is 0.281 e. The Bertz CT molecular complexity index is 567. The quantitative estimate of drug-likeness (QED) is 0.794. The normalized spacial score (nSPS) is 18.0. The lowest BCUT2D eigenvalue weighted by Gasteiger charge is -2.32. The molecular weight excluding hydrogens is 324 g/mol. The van der Waals surface area contributed by atoms with E-state index in [9.17, 15) is 8.42 Å². The highest BCUT2D eigenvalue weighted by Gasteiger charge is 2.29. The van der Waals surface area contributed by atoms with E-state index < -0.39 is 10.2 Å². The maximum Gasteiger partial charge on any atom is 0.281 e. The van der Waals surface area contributed by atoms with Crippen LogP contribution in [0.15, 0.2) is 24.3 Å². The molecule has 1 saturated heterocycles. The van der Waals surface area contributed by atoms with Crippen LogP contribution in [0.1, 0.15) is 18.4 Å². The monoisotopic (exact) mass is 346 g/mol. The van der Waals surface area contributed by atoms with Crippen molar-refractivity contribution in [3.8, 4) is 0 Å². The molecule has 0 radical (unpaired) electrons. The summed E-state index contributed by atoms with van der Waals surface area (Å²) in [5.74, 6) is 0.418. The largest absolute Gasteiger partial charge is 0.376 e. The number of benzene rings is 1. The van der Waals surface area contributed by atoms with Gasteiger partial charge in [0.05, 0.1) is 6.61 Å². The van der Waals surface area contributed by atoms with Crippen molar-refractivity contribution >= 4 is 21.8 Å². The summed E-state index contributed by atoms with van der Waals surface area (Å²) in [4.78, 5) is 0. The van der Waals surface area contributed by atoms with Gasteiger partial charge < -0.3 is 4.74 Å². The Hall–Kier alpha value is -0.660. The number of hydrogen-bond donors (Lipinski definition) is 0. The molecule has 22 heavy (non-hydrogen) atoms. The molecule has 0 atom stereocenters. The van der Waals surface area contributed by atoms with Gasteiger partial charge in [-0.1, -0.05) is 23.7 Å². The predicted molar refractivity (Wildman–Crippen MR) is 88.0 cm³/mol. The van der Waals surface area contributed by atoms with Gasteiger partial charge in [-0.05, 0) is 36.5 Å². The van der Waals surface area contributed by atoms with E-state index in [1.807, 2.05) is 24.3 Å². The van der Waals surface area contributed by atoms with Crippen LogP contribution in [0.25, 0.3) is 0 Å². The predicted octanol–water partition coefficient (Wildman–Crippen LogP) is 2.38. The lowest BCUT2D eigenvalue weighted by molar-refractivity contribution is 0.0683. The summed E-state index contributed by atoms with van der Waals surface area (Å²) in [6, 6.07) is 7.61. The average Bonchev–Trinajstić information content (AvgIpc) is 2.49. The van der Waals surface area contributed by atoms with Crippen LogP contribution in [0.4, 0.5) is 0 Å². The van der Waals surface area contributed by atoms with Gasteiger partial charge in [-0.15, -0.1) is 0 Å². The van der Waals surface area contributed by atoms with Crippen LogP contribution < -0.4 is 0 Å². The standard InChI is InChI=1S/C15H23ClN2O3S/c1-17(2)22(19,20)18-9-7-14(8-10-18)12-21-11-13-3-5-15(16)6-4-13/h3-6,14H,7-12H2,1-2H3. The van der Waals surface area contributed by atoms with Crippen LogP contribution >= 0.6 is 11.6 Å². The number of hydrogen-bond acceptors (Lipinski definition) is 3. The minimum absolute atomic E-state index is 0.418. The summed E-state index contributed by atoms with van der Waals surface area (Å²) >= 11 is 5.84. The highest BCUT2D eigenvalue weighted by Crippen LogP contribution is 2.21. The summed E-state index contributed by atoms with van der Waals surface area (Å²) in [7, 11) is -0.145. The van der Waals surface area contributed by atoms with E-state index >= 15 is 0 Å². The summed E-state index contributed by atoms with van der Waals surface area (Å²) in [5, 5.41) is 0.721. The summed E-state index contributed by atoms with van der Waals surface area (Å²) in [6.45, 7) is 2.36. The van der Waals surface area contributed by atoms with Crippen molar-refractivity contribution in [2.24, 2.45) is 5.92 Å².